The highest BCUT2D eigenvalue weighted by Gasteiger charge is 2.34. The SMILES string of the molecule is COc1ccc2cc(C(c3nnnn3C3CCCCC3)N3CCN(C)CC3)c(=O)[nH]c2c1. The van der Waals surface area contributed by atoms with Crippen LogP contribution in [0.15, 0.2) is 29.1 Å². The Morgan fingerprint density at radius 3 is 2.62 bits per heavy atom. The van der Waals surface area contributed by atoms with Gasteiger partial charge in [-0.15, -0.1) is 5.10 Å². The van der Waals surface area contributed by atoms with Crippen molar-refractivity contribution in [3.8, 4) is 5.75 Å². The van der Waals surface area contributed by atoms with Gasteiger partial charge in [-0.3, -0.25) is 9.69 Å². The van der Waals surface area contributed by atoms with E-state index in [0.717, 1.165) is 61.5 Å². The number of ether oxygens (including phenoxy) is 1. The number of rotatable bonds is 5. The lowest BCUT2D eigenvalue weighted by atomic mass is 9.95. The first-order valence-electron chi connectivity index (χ1n) is 11.6. The molecule has 5 rings (SSSR count). The molecule has 2 aromatic heterocycles. The summed E-state index contributed by atoms with van der Waals surface area (Å²) in [5.74, 6) is 1.50. The van der Waals surface area contributed by atoms with E-state index in [4.69, 9.17) is 4.74 Å². The standard InChI is InChI=1S/C23H31N7O2/c1-28-10-12-29(13-11-28)21(22-25-26-27-30(22)17-6-4-3-5-7-17)19-14-16-8-9-18(32-2)15-20(16)24-23(19)31/h8-9,14-15,17,21H,3-7,10-13H2,1-2H3,(H,24,31). The number of hydrogen-bond acceptors (Lipinski definition) is 7. The largest absolute Gasteiger partial charge is 0.497 e. The second kappa shape index (κ2) is 8.99. The van der Waals surface area contributed by atoms with E-state index in [1.54, 1.807) is 7.11 Å². The fraction of sp³-hybridized carbons (Fsp3) is 0.565. The Labute approximate surface area is 187 Å². The van der Waals surface area contributed by atoms with E-state index in [1.165, 1.54) is 19.3 Å². The summed E-state index contributed by atoms with van der Waals surface area (Å²) in [6.45, 7) is 3.62. The Bertz CT molecular complexity index is 1130. The van der Waals surface area contributed by atoms with Crippen molar-refractivity contribution in [1.82, 2.24) is 35.0 Å². The van der Waals surface area contributed by atoms with Crippen LogP contribution in [0, 0.1) is 0 Å². The Kier molecular flexibility index (Phi) is 5.93. The van der Waals surface area contributed by atoms with E-state index < -0.39 is 0 Å². The van der Waals surface area contributed by atoms with Gasteiger partial charge >= 0.3 is 0 Å². The Hall–Kier alpha value is -2.78. The van der Waals surface area contributed by atoms with Gasteiger partial charge in [0.1, 0.15) is 11.8 Å². The van der Waals surface area contributed by atoms with Crippen LogP contribution in [0.1, 0.15) is 55.6 Å². The van der Waals surface area contributed by atoms with E-state index in [9.17, 15) is 4.79 Å². The summed E-state index contributed by atoms with van der Waals surface area (Å²) in [4.78, 5) is 21.1. The zero-order valence-electron chi connectivity index (χ0n) is 18.8. The van der Waals surface area contributed by atoms with Gasteiger partial charge in [-0.1, -0.05) is 19.3 Å². The molecule has 1 N–H and O–H groups in total. The molecule has 1 aliphatic carbocycles. The molecule has 2 fully saturated rings. The highest BCUT2D eigenvalue weighted by molar-refractivity contribution is 5.80. The normalized spacial score (nSPS) is 19.9. The first-order valence-corrected chi connectivity index (χ1v) is 11.6. The van der Waals surface area contributed by atoms with Crippen LogP contribution >= 0.6 is 0 Å². The van der Waals surface area contributed by atoms with Crippen molar-refractivity contribution >= 4 is 10.9 Å². The number of benzene rings is 1. The maximum atomic E-state index is 13.4. The predicted octanol–water partition coefficient (Wildman–Crippen LogP) is 2.37. The molecule has 1 aliphatic heterocycles. The number of methoxy groups -OCH3 is 1. The average Bonchev–Trinajstić information content (AvgIpc) is 3.30. The van der Waals surface area contributed by atoms with Gasteiger partial charge < -0.3 is 14.6 Å². The second-order valence-electron chi connectivity index (χ2n) is 9.02. The third-order valence-electron chi connectivity index (χ3n) is 6.96. The molecule has 1 saturated heterocycles. The quantitative estimate of drug-likeness (QED) is 0.655. The van der Waals surface area contributed by atoms with Gasteiger partial charge in [0.25, 0.3) is 5.56 Å². The number of piperazine rings is 1. The summed E-state index contributed by atoms with van der Waals surface area (Å²) >= 11 is 0. The van der Waals surface area contributed by atoms with Crippen LogP contribution in [0.3, 0.4) is 0 Å². The fourth-order valence-electron chi connectivity index (χ4n) is 5.07. The summed E-state index contributed by atoms with van der Waals surface area (Å²) in [6.07, 6.45) is 5.83. The second-order valence-corrected chi connectivity index (χ2v) is 9.02. The molecule has 9 heteroatoms. The zero-order valence-corrected chi connectivity index (χ0v) is 18.8. The number of nitrogens with zero attached hydrogens (tertiary/aromatic N) is 6. The summed E-state index contributed by atoms with van der Waals surface area (Å²) in [5, 5.41) is 13.9. The van der Waals surface area contributed by atoms with E-state index in [2.05, 4.69) is 37.4 Å². The van der Waals surface area contributed by atoms with Gasteiger partial charge in [0.2, 0.25) is 0 Å². The van der Waals surface area contributed by atoms with Crippen LogP contribution < -0.4 is 10.3 Å². The number of pyridine rings is 1. The van der Waals surface area contributed by atoms with Crippen molar-refractivity contribution in [2.75, 3.05) is 40.3 Å². The molecular formula is C23H31N7O2. The van der Waals surface area contributed by atoms with Gasteiger partial charge in [0, 0.05) is 37.8 Å². The van der Waals surface area contributed by atoms with Gasteiger partial charge in [-0.25, -0.2) is 4.68 Å². The smallest absolute Gasteiger partial charge is 0.253 e. The number of aromatic nitrogens is 5. The number of nitrogens with one attached hydrogen (secondary N) is 1. The van der Waals surface area contributed by atoms with Crippen molar-refractivity contribution in [1.29, 1.82) is 0 Å². The maximum absolute atomic E-state index is 13.4. The van der Waals surface area contributed by atoms with Gasteiger partial charge in [0.15, 0.2) is 5.82 Å². The molecular weight excluding hydrogens is 406 g/mol. The number of hydrogen-bond donors (Lipinski definition) is 1. The molecule has 0 radical (unpaired) electrons. The molecule has 0 spiro atoms. The number of tetrazole rings is 1. The molecule has 1 unspecified atom stereocenters. The molecule has 170 valence electrons. The molecule has 2 aliphatic rings. The molecule has 0 bridgehead atoms. The lowest BCUT2D eigenvalue weighted by Gasteiger charge is -2.37. The van der Waals surface area contributed by atoms with E-state index in [-0.39, 0.29) is 11.6 Å². The Balaban J connectivity index is 1.61. The van der Waals surface area contributed by atoms with E-state index in [1.807, 2.05) is 28.9 Å². The molecule has 0 amide bonds. The van der Waals surface area contributed by atoms with Crippen molar-refractivity contribution < 1.29 is 4.74 Å². The van der Waals surface area contributed by atoms with Crippen LogP contribution in [0.2, 0.25) is 0 Å². The Morgan fingerprint density at radius 1 is 1.09 bits per heavy atom. The molecule has 3 aromatic rings. The highest BCUT2D eigenvalue weighted by Crippen LogP contribution is 2.33. The van der Waals surface area contributed by atoms with Crippen molar-refractivity contribution in [3.63, 3.8) is 0 Å². The zero-order chi connectivity index (χ0) is 22.1. The third-order valence-corrected chi connectivity index (χ3v) is 6.96. The number of H-pyrrole nitrogens is 1. The first kappa shape index (κ1) is 21.1. The van der Waals surface area contributed by atoms with Gasteiger partial charge in [0.05, 0.1) is 18.7 Å². The van der Waals surface area contributed by atoms with Crippen LogP contribution in [0.4, 0.5) is 0 Å². The molecule has 1 atom stereocenters. The average molecular weight is 438 g/mol. The minimum Gasteiger partial charge on any atom is -0.497 e. The summed E-state index contributed by atoms with van der Waals surface area (Å²) < 4.78 is 7.32. The van der Waals surface area contributed by atoms with Crippen LogP contribution in [-0.4, -0.2) is 75.3 Å². The number of likely N-dealkylation sites (N-methyl/N-ethyl adjacent to an activating group) is 1. The van der Waals surface area contributed by atoms with E-state index >= 15 is 0 Å². The third kappa shape index (κ3) is 4.02. The Morgan fingerprint density at radius 2 is 1.88 bits per heavy atom. The van der Waals surface area contributed by atoms with Crippen molar-refractivity contribution in [2.45, 2.75) is 44.2 Å². The van der Waals surface area contributed by atoms with Crippen molar-refractivity contribution in [2.24, 2.45) is 0 Å². The number of aromatic amines is 1. The lowest BCUT2D eigenvalue weighted by Crippen LogP contribution is -2.47. The monoisotopic (exact) mass is 437 g/mol. The van der Waals surface area contributed by atoms with Gasteiger partial charge in [-0.05, 0) is 53.9 Å². The molecule has 1 saturated carbocycles. The first-order chi connectivity index (χ1) is 15.6. The van der Waals surface area contributed by atoms with Crippen LogP contribution in [0.5, 0.6) is 5.75 Å². The molecule has 1 aromatic carbocycles. The predicted molar refractivity (Wildman–Crippen MR) is 122 cm³/mol. The summed E-state index contributed by atoms with van der Waals surface area (Å²) in [7, 11) is 3.76. The minimum atomic E-state index is -0.282. The maximum Gasteiger partial charge on any atom is 0.253 e. The fourth-order valence-corrected chi connectivity index (χ4v) is 5.07. The van der Waals surface area contributed by atoms with Gasteiger partial charge in [-0.2, -0.15) is 0 Å². The summed E-state index contributed by atoms with van der Waals surface area (Å²) in [6, 6.07) is 7.78. The van der Waals surface area contributed by atoms with Crippen molar-refractivity contribution in [3.05, 3.63) is 46.0 Å². The van der Waals surface area contributed by atoms with Crippen LogP contribution in [-0.2, 0) is 0 Å². The molecule has 32 heavy (non-hydrogen) atoms. The lowest BCUT2D eigenvalue weighted by molar-refractivity contribution is 0.119. The molecule has 3 heterocycles. The summed E-state index contributed by atoms with van der Waals surface area (Å²) in [5.41, 5.74) is 1.36. The highest BCUT2D eigenvalue weighted by atomic mass is 16.5. The van der Waals surface area contributed by atoms with Crippen LogP contribution in [0.25, 0.3) is 10.9 Å². The molecule has 9 nitrogen and oxygen atoms in total. The van der Waals surface area contributed by atoms with E-state index in [0.29, 0.717) is 11.6 Å². The minimum absolute atomic E-state index is 0.104. The number of fused-ring (bicyclic) bond motifs is 1. The topological polar surface area (TPSA) is 92.2 Å².